The molecule has 1 unspecified atom stereocenters. The number of hydrogen-bond donors (Lipinski definition) is 2. The zero-order chi connectivity index (χ0) is 18.4. The zero-order valence-corrected chi connectivity index (χ0v) is 15.3. The first-order valence-electron chi connectivity index (χ1n) is 9.04. The summed E-state index contributed by atoms with van der Waals surface area (Å²) < 4.78 is 15.9. The molecule has 8 heteroatoms. The molecule has 2 aliphatic heterocycles. The Morgan fingerprint density at radius 2 is 1.77 bits per heavy atom. The summed E-state index contributed by atoms with van der Waals surface area (Å²) in [5.41, 5.74) is 8.75. The largest absolute Gasteiger partial charge is 0.383 e. The lowest BCUT2D eigenvalue weighted by Gasteiger charge is -2.33. The van der Waals surface area contributed by atoms with Crippen LogP contribution < -0.4 is 20.9 Å². The van der Waals surface area contributed by atoms with E-state index in [2.05, 4.69) is 21.2 Å². The van der Waals surface area contributed by atoms with Crippen molar-refractivity contribution in [3.8, 4) is 0 Å². The van der Waals surface area contributed by atoms with Gasteiger partial charge in [-0.1, -0.05) is 0 Å². The van der Waals surface area contributed by atoms with Crippen LogP contribution in [0.25, 0.3) is 0 Å². The summed E-state index contributed by atoms with van der Waals surface area (Å²) in [4.78, 5) is 16.9. The fraction of sp³-hybridized carbons (Fsp3) is 0.611. The van der Waals surface area contributed by atoms with E-state index in [1.807, 2.05) is 12.1 Å². The van der Waals surface area contributed by atoms with Gasteiger partial charge in [-0.3, -0.25) is 4.79 Å². The predicted molar refractivity (Wildman–Crippen MR) is 101 cm³/mol. The quantitative estimate of drug-likeness (QED) is 0.749. The van der Waals surface area contributed by atoms with Gasteiger partial charge >= 0.3 is 0 Å². The number of amides is 1. The minimum Gasteiger partial charge on any atom is -0.383 e. The number of methoxy groups -OCH3 is 1. The fourth-order valence-corrected chi connectivity index (χ4v) is 3.19. The average molecular weight is 364 g/mol. The average Bonchev–Trinajstić information content (AvgIpc) is 2.70. The van der Waals surface area contributed by atoms with E-state index < -0.39 is 6.04 Å². The third-order valence-electron chi connectivity index (χ3n) is 4.65. The standard InChI is InChI=1S/C18H28N4O4/c1-24-13-15(19)18(23)20-16-3-2-14(21-4-8-25-9-5-21)12-17(16)22-6-10-26-11-7-22/h2-3,12,15H,4-11,13,19H2,1H3,(H,20,23). The molecule has 3 N–H and O–H groups in total. The monoisotopic (exact) mass is 364 g/mol. The molecule has 0 spiro atoms. The second-order valence-electron chi connectivity index (χ2n) is 6.45. The van der Waals surface area contributed by atoms with Gasteiger partial charge in [0.2, 0.25) is 5.91 Å². The van der Waals surface area contributed by atoms with E-state index in [4.69, 9.17) is 19.9 Å². The molecule has 2 aliphatic rings. The number of benzene rings is 1. The molecule has 8 nitrogen and oxygen atoms in total. The number of carbonyl (C=O) groups is 1. The van der Waals surface area contributed by atoms with E-state index in [9.17, 15) is 4.79 Å². The maximum Gasteiger partial charge on any atom is 0.243 e. The topological polar surface area (TPSA) is 89.3 Å². The number of morpholine rings is 2. The Kier molecular flexibility index (Phi) is 6.67. The van der Waals surface area contributed by atoms with Gasteiger partial charge in [0.25, 0.3) is 0 Å². The highest BCUT2D eigenvalue weighted by Gasteiger charge is 2.21. The summed E-state index contributed by atoms with van der Waals surface area (Å²) in [6.07, 6.45) is 0. The van der Waals surface area contributed by atoms with Crippen LogP contribution in [0.3, 0.4) is 0 Å². The van der Waals surface area contributed by atoms with Crippen LogP contribution in [0.4, 0.5) is 17.1 Å². The first-order valence-corrected chi connectivity index (χ1v) is 9.04. The Hall–Kier alpha value is -1.87. The van der Waals surface area contributed by atoms with Crippen LogP contribution in [-0.2, 0) is 19.0 Å². The third kappa shape index (κ3) is 4.64. The lowest BCUT2D eigenvalue weighted by atomic mass is 10.1. The molecule has 26 heavy (non-hydrogen) atoms. The molecule has 3 rings (SSSR count). The van der Waals surface area contributed by atoms with Crippen molar-refractivity contribution in [3.05, 3.63) is 18.2 Å². The highest BCUT2D eigenvalue weighted by atomic mass is 16.5. The molecule has 1 amide bonds. The number of nitrogens with two attached hydrogens (primary N) is 1. The highest BCUT2D eigenvalue weighted by Crippen LogP contribution is 2.32. The molecule has 0 radical (unpaired) electrons. The summed E-state index contributed by atoms with van der Waals surface area (Å²) in [5.74, 6) is -0.250. The number of nitrogens with one attached hydrogen (secondary N) is 1. The van der Waals surface area contributed by atoms with Gasteiger partial charge in [0.05, 0.1) is 44.4 Å². The number of carbonyl (C=O) groups excluding carboxylic acids is 1. The number of hydrogen-bond acceptors (Lipinski definition) is 7. The lowest BCUT2D eigenvalue weighted by molar-refractivity contribution is -0.118. The molecule has 144 valence electrons. The molecular formula is C18H28N4O4. The molecule has 2 fully saturated rings. The second-order valence-corrected chi connectivity index (χ2v) is 6.45. The maximum atomic E-state index is 12.3. The van der Waals surface area contributed by atoms with Crippen LogP contribution in [-0.4, -0.2) is 78.3 Å². The van der Waals surface area contributed by atoms with E-state index in [0.717, 1.165) is 56.5 Å². The van der Waals surface area contributed by atoms with Crippen molar-refractivity contribution in [2.24, 2.45) is 5.73 Å². The molecule has 2 heterocycles. The van der Waals surface area contributed by atoms with E-state index in [1.165, 1.54) is 7.11 Å². The van der Waals surface area contributed by atoms with Crippen LogP contribution in [0.15, 0.2) is 18.2 Å². The Bertz CT molecular complexity index is 601. The van der Waals surface area contributed by atoms with Crippen LogP contribution in [0.1, 0.15) is 0 Å². The van der Waals surface area contributed by atoms with Gasteiger partial charge in [-0.25, -0.2) is 0 Å². The van der Waals surface area contributed by atoms with Gasteiger partial charge in [0.15, 0.2) is 0 Å². The summed E-state index contributed by atoms with van der Waals surface area (Å²) >= 11 is 0. The minimum atomic E-state index is -0.698. The zero-order valence-electron chi connectivity index (χ0n) is 15.3. The molecule has 0 aliphatic carbocycles. The Morgan fingerprint density at radius 3 is 2.38 bits per heavy atom. The van der Waals surface area contributed by atoms with E-state index in [0.29, 0.717) is 13.2 Å². The normalized spacial score (nSPS) is 19.3. The van der Waals surface area contributed by atoms with E-state index in [1.54, 1.807) is 0 Å². The summed E-state index contributed by atoms with van der Waals surface area (Å²) in [7, 11) is 1.53. The fourth-order valence-electron chi connectivity index (χ4n) is 3.19. The minimum absolute atomic E-state index is 0.185. The van der Waals surface area contributed by atoms with Gasteiger partial charge in [-0.2, -0.15) is 0 Å². The van der Waals surface area contributed by atoms with Crippen molar-refractivity contribution in [3.63, 3.8) is 0 Å². The number of ether oxygens (including phenoxy) is 3. The Balaban J connectivity index is 1.83. The number of rotatable bonds is 6. The van der Waals surface area contributed by atoms with E-state index in [-0.39, 0.29) is 12.5 Å². The molecule has 2 saturated heterocycles. The smallest absolute Gasteiger partial charge is 0.243 e. The molecule has 1 atom stereocenters. The van der Waals surface area contributed by atoms with Gasteiger partial charge in [-0.15, -0.1) is 0 Å². The summed E-state index contributed by atoms with van der Waals surface area (Å²) in [6.45, 7) is 6.33. The summed E-state index contributed by atoms with van der Waals surface area (Å²) in [5, 5.41) is 2.95. The molecule has 1 aromatic carbocycles. The molecule has 0 aromatic heterocycles. The van der Waals surface area contributed by atoms with Crippen LogP contribution >= 0.6 is 0 Å². The first-order chi connectivity index (χ1) is 12.7. The molecular weight excluding hydrogens is 336 g/mol. The number of nitrogens with zero attached hydrogens (tertiary/aromatic N) is 2. The van der Waals surface area contributed by atoms with Crippen LogP contribution in [0, 0.1) is 0 Å². The van der Waals surface area contributed by atoms with Crippen molar-refractivity contribution >= 4 is 23.0 Å². The molecule has 0 bridgehead atoms. The maximum absolute atomic E-state index is 12.3. The SMILES string of the molecule is COCC(N)C(=O)Nc1ccc(N2CCOCC2)cc1N1CCOCC1. The molecule has 0 saturated carbocycles. The van der Waals surface area contributed by atoms with Crippen molar-refractivity contribution < 1.29 is 19.0 Å². The van der Waals surface area contributed by atoms with Gasteiger partial charge < -0.3 is 35.1 Å². The van der Waals surface area contributed by atoms with Crippen LogP contribution in [0.5, 0.6) is 0 Å². The Morgan fingerprint density at radius 1 is 1.15 bits per heavy atom. The number of anilines is 3. The van der Waals surface area contributed by atoms with Crippen molar-refractivity contribution in [1.29, 1.82) is 0 Å². The third-order valence-corrected chi connectivity index (χ3v) is 4.65. The first kappa shape index (κ1) is 18.9. The van der Waals surface area contributed by atoms with Crippen molar-refractivity contribution in [1.82, 2.24) is 0 Å². The van der Waals surface area contributed by atoms with E-state index >= 15 is 0 Å². The molecule has 1 aromatic rings. The highest BCUT2D eigenvalue weighted by molar-refractivity contribution is 5.98. The van der Waals surface area contributed by atoms with Gasteiger partial charge in [0, 0.05) is 39.0 Å². The van der Waals surface area contributed by atoms with Crippen molar-refractivity contribution in [2.75, 3.05) is 81.4 Å². The van der Waals surface area contributed by atoms with Gasteiger partial charge in [-0.05, 0) is 18.2 Å². The van der Waals surface area contributed by atoms with Gasteiger partial charge in [0.1, 0.15) is 6.04 Å². The summed E-state index contributed by atoms with van der Waals surface area (Å²) in [6, 6.07) is 5.42. The van der Waals surface area contributed by atoms with Crippen LogP contribution in [0.2, 0.25) is 0 Å². The second kappa shape index (κ2) is 9.18. The van der Waals surface area contributed by atoms with Crippen molar-refractivity contribution in [2.45, 2.75) is 6.04 Å². The predicted octanol–water partition coefficient (Wildman–Crippen LogP) is 0.272. The Labute approximate surface area is 154 Å². The lowest BCUT2D eigenvalue weighted by Crippen LogP contribution is -2.41.